The summed E-state index contributed by atoms with van der Waals surface area (Å²) < 4.78 is 32.0. The van der Waals surface area contributed by atoms with Crippen molar-refractivity contribution in [2.75, 3.05) is 39.3 Å². The fraction of sp³-hybridized carbons (Fsp3) is 0.229. The monoisotopic (exact) mass is 836 g/mol. The summed E-state index contributed by atoms with van der Waals surface area (Å²) in [5, 5.41) is 14.7. The Kier molecular flexibility index (Phi) is 12.3. The lowest BCUT2D eigenvalue weighted by molar-refractivity contribution is -0.0982. The second-order valence-electron chi connectivity index (χ2n) is 14.7. The van der Waals surface area contributed by atoms with Gasteiger partial charge in [-0.05, 0) is 77.7 Å². The van der Waals surface area contributed by atoms with Gasteiger partial charge in [0, 0.05) is 24.9 Å². The van der Waals surface area contributed by atoms with Gasteiger partial charge in [0.05, 0.1) is 32.0 Å². The molecular weight excluding hydrogens is 793 g/mol. The zero-order valence-corrected chi connectivity index (χ0v) is 34.0. The Morgan fingerprint density at radius 3 is 1.85 bits per heavy atom. The van der Waals surface area contributed by atoms with Crippen molar-refractivity contribution in [2.24, 2.45) is 0 Å². The number of rotatable bonds is 16. The fourth-order valence-corrected chi connectivity index (χ4v) is 7.88. The molecule has 8 rings (SSSR count). The normalized spacial score (nSPS) is 18.4. The highest BCUT2D eigenvalue weighted by Crippen LogP contribution is 2.43. The molecule has 6 aromatic rings. The van der Waals surface area contributed by atoms with Crippen LogP contribution in [0.4, 0.5) is 5.82 Å². The first-order valence-electron chi connectivity index (χ1n) is 20.1. The number of nitrogens with zero attached hydrogens (tertiary/aromatic N) is 3. The van der Waals surface area contributed by atoms with E-state index < -0.39 is 53.6 Å². The molecule has 0 radical (unpaired) electrons. The van der Waals surface area contributed by atoms with Crippen LogP contribution in [-0.2, 0) is 19.8 Å². The highest BCUT2D eigenvalue weighted by atomic mass is 16.6. The zero-order valence-electron chi connectivity index (χ0n) is 34.0. The Hall–Kier alpha value is -6.97. The number of carbonyl (C=O) groups excluding carboxylic acids is 3. The van der Waals surface area contributed by atoms with E-state index in [9.17, 15) is 24.3 Å². The third-order valence-electron chi connectivity index (χ3n) is 11.0. The molecule has 1 aromatic heterocycles. The molecule has 3 heterocycles. The van der Waals surface area contributed by atoms with Crippen LogP contribution in [0.3, 0.4) is 0 Å². The van der Waals surface area contributed by atoms with Gasteiger partial charge in [-0.2, -0.15) is 4.98 Å². The van der Waals surface area contributed by atoms with Gasteiger partial charge >= 0.3 is 5.69 Å². The summed E-state index contributed by atoms with van der Waals surface area (Å²) >= 11 is 0. The minimum atomic E-state index is -1.34. The van der Waals surface area contributed by atoms with Crippen LogP contribution in [0.1, 0.15) is 60.4 Å². The zero-order chi connectivity index (χ0) is 43.2. The van der Waals surface area contributed by atoms with Crippen molar-refractivity contribution in [2.45, 2.75) is 36.6 Å². The average Bonchev–Trinajstić information content (AvgIpc) is 3.75. The number of fused-ring (bicyclic) bond motifs is 1. The Labute approximate surface area is 357 Å². The molecule has 1 fully saturated rings. The van der Waals surface area contributed by atoms with Crippen LogP contribution >= 0.6 is 0 Å². The molecule has 2 N–H and O–H groups in total. The molecule has 5 aromatic carbocycles. The Morgan fingerprint density at radius 1 is 0.742 bits per heavy atom. The molecule has 1 saturated heterocycles. The van der Waals surface area contributed by atoms with Crippen molar-refractivity contribution < 1.29 is 43.2 Å². The largest absolute Gasteiger partial charge is 0.497 e. The van der Waals surface area contributed by atoms with Crippen molar-refractivity contribution in [3.05, 3.63) is 190 Å². The minimum Gasteiger partial charge on any atom is -0.497 e. The summed E-state index contributed by atoms with van der Waals surface area (Å²) in [4.78, 5) is 57.9. The number of carbonyl (C=O) groups is 3. The molecule has 2 aliphatic heterocycles. The fourth-order valence-electron chi connectivity index (χ4n) is 7.88. The van der Waals surface area contributed by atoms with E-state index in [0.717, 1.165) is 16.7 Å². The molecular formula is C48H44N4O10. The minimum absolute atomic E-state index is 0.0123. The van der Waals surface area contributed by atoms with Crippen molar-refractivity contribution >= 4 is 23.5 Å². The number of hydrogen-bond acceptors (Lipinski definition) is 11. The number of imide groups is 1. The van der Waals surface area contributed by atoms with Crippen LogP contribution in [-0.4, -0.2) is 89.6 Å². The van der Waals surface area contributed by atoms with E-state index >= 15 is 0 Å². The number of aromatic nitrogens is 2. The summed E-state index contributed by atoms with van der Waals surface area (Å²) in [5.41, 5.74) is 1.34. The second kappa shape index (κ2) is 18.3. The van der Waals surface area contributed by atoms with E-state index in [1.807, 2.05) is 78.9 Å². The number of aliphatic hydroxyl groups excluding tert-OH is 1. The molecule has 0 bridgehead atoms. The molecule has 14 heteroatoms. The third kappa shape index (κ3) is 8.24. The molecule has 0 spiro atoms. The van der Waals surface area contributed by atoms with E-state index in [1.165, 1.54) is 21.7 Å². The molecule has 0 aliphatic carbocycles. The molecule has 0 unspecified atom stereocenters. The van der Waals surface area contributed by atoms with Crippen molar-refractivity contribution in [1.82, 2.24) is 14.5 Å². The smallest absolute Gasteiger partial charge is 0.351 e. The van der Waals surface area contributed by atoms with Crippen LogP contribution in [0.25, 0.3) is 0 Å². The van der Waals surface area contributed by atoms with Crippen LogP contribution in [0.2, 0.25) is 0 Å². The van der Waals surface area contributed by atoms with Gasteiger partial charge in [-0.15, -0.1) is 0 Å². The first-order chi connectivity index (χ1) is 30.2. The Morgan fingerprint density at radius 2 is 1.29 bits per heavy atom. The average molecular weight is 837 g/mol. The van der Waals surface area contributed by atoms with Gasteiger partial charge in [0.2, 0.25) is 0 Å². The van der Waals surface area contributed by atoms with E-state index in [-0.39, 0.29) is 32.0 Å². The lowest BCUT2D eigenvalue weighted by Crippen LogP contribution is -2.41. The number of aliphatic hydroxyl groups is 1. The summed E-state index contributed by atoms with van der Waals surface area (Å²) in [6.45, 7) is -0.137. The predicted molar refractivity (Wildman–Crippen MR) is 227 cm³/mol. The van der Waals surface area contributed by atoms with E-state index in [0.29, 0.717) is 28.2 Å². The van der Waals surface area contributed by atoms with Gasteiger partial charge in [-0.25, -0.2) is 4.79 Å². The summed E-state index contributed by atoms with van der Waals surface area (Å²) in [7, 11) is 3.18. The highest BCUT2D eigenvalue weighted by Gasteiger charge is 2.48. The molecule has 14 nitrogen and oxygen atoms in total. The van der Waals surface area contributed by atoms with Crippen molar-refractivity contribution in [1.29, 1.82) is 0 Å². The van der Waals surface area contributed by atoms with Crippen LogP contribution in [0.5, 0.6) is 11.5 Å². The molecule has 3 amide bonds. The van der Waals surface area contributed by atoms with Gasteiger partial charge < -0.3 is 34.1 Å². The molecule has 4 atom stereocenters. The molecule has 316 valence electrons. The standard InChI is InChI=1S/C48H44N4O10/c1-58-35-22-18-33(19-23-35)48(32-14-7-4-8-15-32,34-20-24-36(59-2)25-21-34)61-30-39-41(53)42(60-29-11-27-51-44(55)37-16-9-10-17-38(37)45(51)56)46(62-39)52-28-26-40(50-47(52)57)49-43(54)31-12-5-3-6-13-31/h3-10,12-26,28,39,41-42,46,53H,11,27,29-30H2,1-2H3,(H,49,50,54,57)/t39-,41-,42-,46-/m1/s1. The molecule has 2 aliphatic rings. The lowest BCUT2D eigenvalue weighted by atomic mass is 9.80. The quantitative estimate of drug-likeness (QED) is 0.0682. The van der Waals surface area contributed by atoms with E-state index in [4.69, 9.17) is 23.7 Å². The summed E-state index contributed by atoms with van der Waals surface area (Å²) in [6, 6.07) is 41.2. The summed E-state index contributed by atoms with van der Waals surface area (Å²) in [5.74, 6) is 0.0831. The number of anilines is 1. The topological polar surface area (TPSA) is 168 Å². The number of ether oxygens (including phenoxy) is 5. The van der Waals surface area contributed by atoms with Gasteiger partial charge in [-0.1, -0.05) is 84.9 Å². The van der Waals surface area contributed by atoms with Crippen LogP contribution < -0.4 is 20.5 Å². The SMILES string of the molecule is COc1ccc(C(OC[C@H]2O[C@@H](n3ccc(NC(=O)c4ccccc4)nc3=O)[C@H](OCCCN3C(=O)c4ccccc4C3=O)[C@@H]2O)(c2ccccc2)c2ccc(OC)cc2)cc1. The molecule has 62 heavy (non-hydrogen) atoms. The first kappa shape index (κ1) is 41.8. The van der Waals surface area contributed by atoms with Gasteiger partial charge in [0.25, 0.3) is 17.7 Å². The summed E-state index contributed by atoms with van der Waals surface area (Å²) in [6.07, 6.45) is -3.09. The maximum Gasteiger partial charge on any atom is 0.351 e. The van der Waals surface area contributed by atoms with Gasteiger partial charge in [-0.3, -0.25) is 23.9 Å². The number of amides is 3. The first-order valence-corrected chi connectivity index (χ1v) is 20.1. The van der Waals surface area contributed by atoms with Gasteiger partial charge in [0.1, 0.15) is 41.2 Å². The van der Waals surface area contributed by atoms with Crippen molar-refractivity contribution in [3.8, 4) is 11.5 Å². The maximum atomic E-state index is 13.7. The number of benzene rings is 5. The Bertz CT molecular complexity index is 2500. The predicted octanol–water partition coefficient (Wildman–Crippen LogP) is 5.85. The van der Waals surface area contributed by atoms with E-state index in [1.54, 1.807) is 68.8 Å². The third-order valence-corrected chi connectivity index (χ3v) is 11.0. The van der Waals surface area contributed by atoms with Crippen LogP contribution in [0.15, 0.2) is 151 Å². The highest BCUT2D eigenvalue weighted by molar-refractivity contribution is 6.21. The second-order valence-corrected chi connectivity index (χ2v) is 14.7. The number of methoxy groups -OCH3 is 2. The Balaban J connectivity index is 1.08. The van der Waals surface area contributed by atoms with Crippen molar-refractivity contribution in [3.63, 3.8) is 0 Å². The van der Waals surface area contributed by atoms with Crippen LogP contribution in [0, 0.1) is 0 Å². The number of nitrogens with one attached hydrogen (secondary N) is 1. The maximum absolute atomic E-state index is 13.7. The van der Waals surface area contributed by atoms with E-state index in [2.05, 4.69) is 10.3 Å². The number of hydrogen-bond donors (Lipinski definition) is 2. The lowest BCUT2D eigenvalue weighted by Gasteiger charge is -2.37. The van der Waals surface area contributed by atoms with Gasteiger partial charge in [0.15, 0.2) is 6.23 Å². The molecule has 0 saturated carbocycles.